The molecule has 14 heavy (non-hydrogen) atoms. The first-order valence-corrected chi connectivity index (χ1v) is 5.15. The Bertz CT molecular complexity index is 334. The zero-order chi connectivity index (χ0) is 10.2. The van der Waals surface area contributed by atoms with Crippen molar-refractivity contribution in [3.05, 3.63) is 34.9 Å². The SMILES string of the molecule is NCC1(c2ccccc2Cl)CC(F)C1. The van der Waals surface area contributed by atoms with Gasteiger partial charge in [0, 0.05) is 17.0 Å². The van der Waals surface area contributed by atoms with E-state index in [2.05, 4.69) is 0 Å². The number of hydrogen-bond donors (Lipinski definition) is 1. The zero-order valence-corrected chi connectivity index (χ0v) is 8.60. The summed E-state index contributed by atoms with van der Waals surface area (Å²) in [5.41, 5.74) is 6.49. The molecule has 1 saturated carbocycles. The van der Waals surface area contributed by atoms with Gasteiger partial charge in [0.25, 0.3) is 0 Å². The Morgan fingerprint density at radius 2 is 2.07 bits per heavy atom. The Balaban J connectivity index is 2.34. The molecule has 1 aliphatic carbocycles. The molecule has 2 rings (SSSR count). The highest BCUT2D eigenvalue weighted by Crippen LogP contribution is 2.46. The van der Waals surface area contributed by atoms with E-state index in [-0.39, 0.29) is 5.41 Å². The van der Waals surface area contributed by atoms with Crippen LogP contribution < -0.4 is 5.73 Å². The second kappa shape index (κ2) is 3.52. The molecular weight excluding hydrogens is 201 g/mol. The van der Waals surface area contributed by atoms with Crippen molar-refractivity contribution in [1.82, 2.24) is 0 Å². The molecule has 1 aromatic rings. The third kappa shape index (κ3) is 1.43. The van der Waals surface area contributed by atoms with Crippen LogP contribution in [0.4, 0.5) is 4.39 Å². The number of benzene rings is 1. The van der Waals surface area contributed by atoms with Crippen molar-refractivity contribution in [3.63, 3.8) is 0 Å². The molecule has 1 aliphatic rings. The quantitative estimate of drug-likeness (QED) is 0.803. The lowest BCUT2D eigenvalue weighted by molar-refractivity contribution is 0.0998. The molecular formula is C11H13ClFN. The van der Waals surface area contributed by atoms with Gasteiger partial charge < -0.3 is 5.73 Å². The minimum Gasteiger partial charge on any atom is -0.330 e. The number of halogens is 2. The maximum atomic E-state index is 12.9. The van der Waals surface area contributed by atoms with Crippen LogP contribution in [-0.2, 0) is 5.41 Å². The molecule has 0 aromatic heterocycles. The summed E-state index contributed by atoms with van der Waals surface area (Å²) >= 11 is 6.07. The highest BCUT2D eigenvalue weighted by atomic mass is 35.5. The molecule has 1 nitrogen and oxygen atoms in total. The van der Waals surface area contributed by atoms with E-state index in [4.69, 9.17) is 17.3 Å². The summed E-state index contributed by atoms with van der Waals surface area (Å²) in [7, 11) is 0. The molecule has 76 valence electrons. The van der Waals surface area contributed by atoms with Gasteiger partial charge in [-0.05, 0) is 24.5 Å². The Morgan fingerprint density at radius 1 is 1.43 bits per heavy atom. The molecule has 1 fully saturated rings. The van der Waals surface area contributed by atoms with Crippen LogP contribution in [-0.4, -0.2) is 12.7 Å². The van der Waals surface area contributed by atoms with Gasteiger partial charge in [-0.2, -0.15) is 0 Å². The van der Waals surface area contributed by atoms with Crippen LogP contribution in [0.2, 0.25) is 5.02 Å². The lowest BCUT2D eigenvalue weighted by Crippen LogP contribution is -2.48. The van der Waals surface area contributed by atoms with Crippen LogP contribution in [0.3, 0.4) is 0 Å². The summed E-state index contributed by atoms with van der Waals surface area (Å²) in [4.78, 5) is 0. The van der Waals surface area contributed by atoms with Gasteiger partial charge >= 0.3 is 0 Å². The predicted octanol–water partition coefficient (Wildman–Crippen LogP) is 2.67. The first-order valence-electron chi connectivity index (χ1n) is 4.77. The van der Waals surface area contributed by atoms with Crippen molar-refractivity contribution in [2.24, 2.45) is 5.73 Å². The van der Waals surface area contributed by atoms with Gasteiger partial charge in [0.1, 0.15) is 6.17 Å². The fourth-order valence-corrected chi connectivity index (χ4v) is 2.51. The third-order valence-corrected chi connectivity index (χ3v) is 3.39. The monoisotopic (exact) mass is 213 g/mol. The largest absolute Gasteiger partial charge is 0.330 e. The molecule has 0 saturated heterocycles. The number of hydrogen-bond acceptors (Lipinski definition) is 1. The number of rotatable bonds is 2. The zero-order valence-electron chi connectivity index (χ0n) is 7.84. The van der Waals surface area contributed by atoms with Crippen molar-refractivity contribution in [2.45, 2.75) is 24.4 Å². The van der Waals surface area contributed by atoms with Crippen LogP contribution in [0.5, 0.6) is 0 Å². The summed E-state index contributed by atoms with van der Waals surface area (Å²) in [5.74, 6) is 0. The van der Waals surface area contributed by atoms with Gasteiger partial charge in [-0.1, -0.05) is 29.8 Å². The predicted molar refractivity (Wildman–Crippen MR) is 56.3 cm³/mol. The number of nitrogens with two attached hydrogens (primary N) is 1. The molecule has 0 amide bonds. The lowest BCUT2D eigenvalue weighted by Gasteiger charge is -2.44. The molecule has 0 aliphatic heterocycles. The minimum atomic E-state index is -0.713. The highest BCUT2D eigenvalue weighted by molar-refractivity contribution is 6.31. The second-order valence-corrected chi connectivity index (χ2v) is 4.38. The van der Waals surface area contributed by atoms with Crippen LogP contribution in [0, 0.1) is 0 Å². The molecule has 2 N–H and O–H groups in total. The molecule has 0 radical (unpaired) electrons. The fraction of sp³-hybridized carbons (Fsp3) is 0.455. The molecule has 0 atom stereocenters. The van der Waals surface area contributed by atoms with E-state index in [0.29, 0.717) is 24.4 Å². The summed E-state index contributed by atoms with van der Waals surface area (Å²) in [6.45, 7) is 0.469. The van der Waals surface area contributed by atoms with Gasteiger partial charge in [0.2, 0.25) is 0 Å². The van der Waals surface area contributed by atoms with Gasteiger partial charge in [0.15, 0.2) is 0 Å². The maximum Gasteiger partial charge on any atom is 0.102 e. The lowest BCUT2D eigenvalue weighted by atomic mass is 9.63. The molecule has 0 unspecified atom stereocenters. The van der Waals surface area contributed by atoms with E-state index in [1.807, 2.05) is 24.3 Å². The van der Waals surface area contributed by atoms with Gasteiger partial charge in [-0.15, -0.1) is 0 Å². The van der Waals surface area contributed by atoms with E-state index >= 15 is 0 Å². The Hall–Kier alpha value is -0.600. The van der Waals surface area contributed by atoms with Gasteiger partial charge in [0.05, 0.1) is 0 Å². The second-order valence-electron chi connectivity index (χ2n) is 3.97. The number of alkyl halides is 1. The van der Waals surface area contributed by atoms with Crippen LogP contribution in [0.25, 0.3) is 0 Å². The molecule has 0 bridgehead atoms. The fourth-order valence-electron chi connectivity index (χ4n) is 2.18. The van der Waals surface area contributed by atoms with E-state index in [1.165, 1.54) is 0 Å². The van der Waals surface area contributed by atoms with Crippen molar-refractivity contribution < 1.29 is 4.39 Å². The van der Waals surface area contributed by atoms with E-state index in [0.717, 1.165) is 5.56 Å². The average Bonchev–Trinajstić information content (AvgIpc) is 2.14. The van der Waals surface area contributed by atoms with Crippen LogP contribution >= 0.6 is 11.6 Å². The van der Waals surface area contributed by atoms with Crippen molar-refractivity contribution in [3.8, 4) is 0 Å². The molecule has 0 heterocycles. The first kappa shape index (κ1) is 9.94. The minimum absolute atomic E-state index is 0.211. The first-order chi connectivity index (χ1) is 6.68. The highest BCUT2D eigenvalue weighted by Gasteiger charge is 2.45. The summed E-state index contributed by atoms with van der Waals surface area (Å²) in [6.07, 6.45) is 0.301. The molecule has 1 aromatic carbocycles. The molecule has 3 heteroatoms. The van der Waals surface area contributed by atoms with Crippen molar-refractivity contribution in [1.29, 1.82) is 0 Å². The molecule has 0 spiro atoms. The topological polar surface area (TPSA) is 26.0 Å². The summed E-state index contributed by atoms with van der Waals surface area (Å²) < 4.78 is 12.9. The summed E-state index contributed by atoms with van der Waals surface area (Å²) in [6, 6.07) is 7.58. The maximum absolute atomic E-state index is 12.9. The summed E-state index contributed by atoms with van der Waals surface area (Å²) in [5, 5.41) is 0.699. The van der Waals surface area contributed by atoms with Crippen LogP contribution in [0.15, 0.2) is 24.3 Å². The van der Waals surface area contributed by atoms with Gasteiger partial charge in [-0.25, -0.2) is 4.39 Å². The Labute approximate surface area is 88.1 Å². The van der Waals surface area contributed by atoms with E-state index in [1.54, 1.807) is 0 Å². The Kier molecular flexibility index (Phi) is 2.50. The third-order valence-electron chi connectivity index (χ3n) is 3.06. The average molecular weight is 214 g/mol. The van der Waals surface area contributed by atoms with Gasteiger partial charge in [-0.3, -0.25) is 0 Å². The van der Waals surface area contributed by atoms with Crippen molar-refractivity contribution >= 4 is 11.6 Å². The Morgan fingerprint density at radius 3 is 2.57 bits per heavy atom. The smallest absolute Gasteiger partial charge is 0.102 e. The normalized spacial score (nSPS) is 31.2. The standard InChI is InChI=1S/C11H13ClFN/c12-10-4-2-1-3-9(10)11(7-14)5-8(13)6-11/h1-4,8H,5-7,14H2. The van der Waals surface area contributed by atoms with E-state index in [9.17, 15) is 4.39 Å². The van der Waals surface area contributed by atoms with Crippen molar-refractivity contribution in [2.75, 3.05) is 6.54 Å². The van der Waals surface area contributed by atoms with Crippen LogP contribution in [0.1, 0.15) is 18.4 Å². The van der Waals surface area contributed by atoms with E-state index < -0.39 is 6.17 Å².